The first kappa shape index (κ1) is 27.4. The number of nitrogens with zero attached hydrogens (tertiary/aromatic N) is 1. The second kappa shape index (κ2) is 12.2. The molecule has 3 atom stereocenters. The molecule has 1 saturated heterocycles. The van der Waals surface area contributed by atoms with Gasteiger partial charge in [-0.25, -0.2) is 14.1 Å². The van der Waals surface area contributed by atoms with E-state index in [0.717, 1.165) is 16.5 Å². The zero-order valence-corrected chi connectivity index (χ0v) is 21.5. The van der Waals surface area contributed by atoms with Crippen molar-refractivity contribution in [2.24, 2.45) is 0 Å². The highest BCUT2D eigenvalue weighted by Crippen LogP contribution is 2.32. The van der Waals surface area contributed by atoms with Crippen molar-refractivity contribution in [1.82, 2.24) is 10.2 Å². The highest BCUT2D eigenvalue weighted by Gasteiger charge is 2.47. The van der Waals surface area contributed by atoms with E-state index in [1.807, 2.05) is 6.07 Å². The molecule has 1 aliphatic heterocycles. The lowest BCUT2D eigenvalue weighted by Crippen LogP contribution is -2.50. The maximum absolute atomic E-state index is 14.6. The van der Waals surface area contributed by atoms with Crippen LogP contribution in [0.25, 0.3) is 0 Å². The van der Waals surface area contributed by atoms with E-state index >= 15 is 0 Å². The van der Waals surface area contributed by atoms with E-state index in [1.54, 1.807) is 62.6 Å². The molecule has 3 aromatic rings. The highest BCUT2D eigenvalue weighted by atomic mass is 19.1. The van der Waals surface area contributed by atoms with E-state index in [1.165, 1.54) is 12.1 Å². The summed E-state index contributed by atoms with van der Waals surface area (Å²) in [7, 11) is 1.57. The Morgan fingerprint density at radius 1 is 1.10 bits per heavy atom. The molecule has 4 amide bonds. The van der Waals surface area contributed by atoms with Crippen molar-refractivity contribution in [3.05, 3.63) is 95.3 Å². The Bertz CT molecular complexity index is 1390. The molecule has 0 bridgehead atoms. The van der Waals surface area contributed by atoms with E-state index in [0.29, 0.717) is 30.1 Å². The Hall–Kier alpha value is -4.68. The number of amides is 4. The lowest BCUT2D eigenvalue weighted by atomic mass is 9.91. The molecule has 0 aliphatic carbocycles. The minimum absolute atomic E-state index is 0.114. The number of imide groups is 1. The Labute approximate surface area is 226 Å². The summed E-state index contributed by atoms with van der Waals surface area (Å²) in [4.78, 5) is 41.3. The number of carbonyl (C=O) groups excluding carboxylic acids is 3. The van der Waals surface area contributed by atoms with Gasteiger partial charge >= 0.3 is 6.03 Å². The van der Waals surface area contributed by atoms with Gasteiger partial charge in [0.2, 0.25) is 5.91 Å². The number of methoxy groups -OCH3 is 1. The van der Waals surface area contributed by atoms with E-state index in [2.05, 4.69) is 16.6 Å². The maximum Gasteiger partial charge on any atom is 0.325 e. The molecule has 4 rings (SSSR count). The van der Waals surface area contributed by atoms with Crippen molar-refractivity contribution < 1.29 is 28.2 Å². The quantitative estimate of drug-likeness (QED) is 0.233. The fourth-order valence-corrected chi connectivity index (χ4v) is 4.40. The van der Waals surface area contributed by atoms with Gasteiger partial charge in [-0.05, 0) is 41.5 Å². The Morgan fingerprint density at radius 3 is 2.46 bits per heavy atom. The SMILES string of the molecule is C#Cc1ccc(NC(=O)C([C@@H](C)c2ccccc2)N2C(=O)N[C@H](c3ccc(OCCOC)cc3)C2=O)c(F)c1. The Kier molecular flexibility index (Phi) is 8.59. The van der Waals surface area contributed by atoms with Crippen LogP contribution in [-0.4, -0.2) is 49.1 Å². The molecule has 3 aromatic carbocycles. The molecule has 8 nitrogen and oxygen atoms in total. The van der Waals surface area contributed by atoms with Gasteiger partial charge in [-0.15, -0.1) is 6.42 Å². The summed E-state index contributed by atoms with van der Waals surface area (Å²) in [5.41, 5.74) is 1.45. The lowest BCUT2D eigenvalue weighted by molar-refractivity contribution is -0.134. The highest BCUT2D eigenvalue weighted by molar-refractivity contribution is 6.10. The molecule has 0 spiro atoms. The topological polar surface area (TPSA) is 97.0 Å². The molecule has 0 radical (unpaired) electrons. The standard InChI is InChI=1S/C30H28FN3O5/c1-4-20-10-15-25(24(31)18-20)32-28(35)27(19(2)21-8-6-5-7-9-21)34-29(36)26(33-30(34)37)22-11-13-23(14-12-22)39-17-16-38-3/h1,5-15,18-19,26-27H,16-17H2,2-3H3,(H,32,35)(H,33,37)/t19-,26+,27?/m0/s1. The lowest BCUT2D eigenvalue weighted by Gasteiger charge is -2.30. The predicted molar refractivity (Wildman–Crippen MR) is 144 cm³/mol. The normalized spacial score (nSPS) is 16.3. The number of anilines is 1. The van der Waals surface area contributed by atoms with Gasteiger partial charge in [0.15, 0.2) is 0 Å². The molecule has 9 heteroatoms. The Balaban J connectivity index is 1.62. The van der Waals surface area contributed by atoms with Crippen LogP contribution >= 0.6 is 0 Å². The van der Waals surface area contributed by atoms with Crippen molar-refractivity contribution in [2.45, 2.75) is 24.9 Å². The number of carbonyl (C=O) groups is 3. The van der Waals surface area contributed by atoms with Crippen LogP contribution in [0.5, 0.6) is 5.75 Å². The van der Waals surface area contributed by atoms with Gasteiger partial charge < -0.3 is 20.1 Å². The van der Waals surface area contributed by atoms with Crippen LogP contribution in [0, 0.1) is 18.2 Å². The molecule has 200 valence electrons. The fraction of sp³-hybridized carbons (Fsp3) is 0.233. The van der Waals surface area contributed by atoms with Crippen molar-refractivity contribution >= 4 is 23.5 Å². The number of hydrogen-bond donors (Lipinski definition) is 2. The zero-order chi connectivity index (χ0) is 27.9. The summed E-state index contributed by atoms with van der Waals surface area (Å²) in [5, 5.41) is 5.21. The number of hydrogen-bond acceptors (Lipinski definition) is 5. The number of benzene rings is 3. The minimum atomic E-state index is -1.27. The van der Waals surface area contributed by atoms with Gasteiger partial charge in [-0.2, -0.15) is 0 Å². The van der Waals surface area contributed by atoms with Crippen LogP contribution in [0.4, 0.5) is 14.9 Å². The monoisotopic (exact) mass is 529 g/mol. The van der Waals surface area contributed by atoms with E-state index in [4.69, 9.17) is 15.9 Å². The third-order valence-corrected chi connectivity index (χ3v) is 6.48. The number of halogens is 1. The van der Waals surface area contributed by atoms with Crippen LogP contribution in [-0.2, 0) is 14.3 Å². The number of ether oxygens (including phenoxy) is 2. The molecule has 1 fully saturated rings. The van der Waals surface area contributed by atoms with Crippen molar-refractivity contribution in [3.63, 3.8) is 0 Å². The first-order valence-corrected chi connectivity index (χ1v) is 12.3. The smallest absolute Gasteiger partial charge is 0.325 e. The van der Waals surface area contributed by atoms with Crippen LogP contribution < -0.4 is 15.4 Å². The summed E-state index contributed by atoms with van der Waals surface area (Å²) in [6.45, 7) is 2.52. The Morgan fingerprint density at radius 2 is 1.82 bits per heavy atom. The van der Waals surface area contributed by atoms with Gasteiger partial charge in [0, 0.05) is 18.6 Å². The molecule has 0 aromatic heterocycles. The van der Waals surface area contributed by atoms with Gasteiger partial charge in [0.1, 0.15) is 30.3 Å². The summed E-state index contributed by atoms with van der Waals surface area (Å²) >= 11 is 0. The summed E-state index contributed by atoms with van der Waals surface area (Å²) in [6, 6.07) is 16.7. The van der Waals surface area contributed by atoms with Gasteiger partial charge in [0.05, 0.1) is 12.3 Å². The average Bonchev–Trinajstić information content (AvgIpc) is 3.24. The summed E-state index contributed by atoms with van der Waals surface area (Å²) < 4.78 is 25.2. The fourth-order valence-electron chi connectivity index (χ4n) is 4.40. The van der Waals surface area contributed by atoms with Crippen molar-refractivity contribution in [1.29, 1.82) is 0 Å². The van der Waals surface area contributed by atoms with Crippen molar-refractivity contribution in [3.8, 4) is 18.1 Å². The van der Waals surface area contributed by atoms with E-state index < -0.39 is 41.7 Å². The zero-order valence-electron chi connectivity index (χ0n) is 21.5. The summed E-state index contributed by atoms with van der Waals surface area (Å²) in [6.07, 6.45) is 5.33. The molecule has 1 unspecified atom stereocenters. The molecule has 1 heterocycles. The molecular weight excluding hydrogens is 501 g/mol. The number of urea groups is 1. The van der Waals surface area contributed by atoms with Crippen molar-refractivity contribution in [2.75, 3.05) is 25.6 Å². The second-order valence-corrected chi connectivity index (χ2v) is 8.97. The second-order valence-electron chi connectivity index (χ2n) is 8.97. The van der Waals surface area contributed by atoms with Crippen LogP contribution in [0.3, 0.4) is 0 Å². The third kappa shape index (κ3) is 6.08. The van der Waals surface area contributed by atoms with Gasteiger partial charge in [-0.1, -0.05) is 55.3 Å². The first-order chi connectivity index (χ1) is 18.8. The summed E-state index contributed by atoms with van der Waals surface area (Å²) in [5.74, 6) is 0.261. The van der Waals surface area contributed by atoms with Gasteiger partial charge in [-0.3, -0.25) is 9.59 Å². The average molecular weight is 530 g/mol. The predicted octanol–water partition coefficient (Wildman–Crippen LogP) is 4.24. The number of nitrogens with one attached hydrogen (secondary N) is 2. The number of rotatable bonds is 10. The number of terminal acetylenes is 1. The third-order valence-electron chi connectivity index (χ3n) is 6.48. The molecule has 2 N–H and O–H groups in total. The van der Waals surface area contributed by atoms with Crippen LogP contribution in [0.1, 0.15) is 35.6 Å². The molecule has 0 saturated carbocycles. The van der Waals surface area contributed by atoms with Crippen LogP contribution in [0.15, 0.2) is 72.8 Å². The minimum Gasteiger partial charge on any atom is -0.491 e. The van der Waals surface area contributed by atoms with E-state index in [-0.39, 0.29) is 5.69 Å². The van der Waals surface area contributed by atoms with E-state index in [9.17, 15) is 18.8 Å². The molecule has 1 aliphatic rings. The molecule has 39 heavy (non-hydrogen) atoms. The van der Waals surface area contributed by atoms with Gasteiger partial charge in [0.25, 0.3) is 5.91 Å². The largest absolute Gasteiger partial charge is 0.491 e. The first-order valence-electron chi connectivity index (χ1n) is 12.3. The maximum atomic E-state index is 14.6. The van der Waals surface area contributed by atoms with Crippen LogP contribution in [0.2, 0.25) is 0 Å². The molecular formula is C30H28FN3O5.